The zero-order chi connectivity index (χ0) is 13.0. The second-order valence-electron chi connectivity index (χ2n) is 5.16. The highest BCUT2D eigenvalue weighted by molar-refractivity contribution is 5.95. The van der Waals surface area contributed by atoms with Crippen molar-refractivity contribution in [1.29, 1.82) is 0 Å². The minimum Gasteiger partial charge on any atom is -0.324 e. The van der Waals surface area contributed by atoms with E-state index in [1.807, 2.05) is 19.1 Å². The summed E-state index contributed by atoms with van der Waals surface area (Å²) in [5.41, 5.74) is 3.27. The van der Waals surface area contributed by atoms with Gasteiger partial charge in [-0.3, -0.25) is 4.79 Å². The van der Waals surface area contributed by atoms with E-state index >= 15 is 0 Å². The van der Waals surface area contributed by atoms with Crippen LogP contribution in [0.15, 0.2) is 18.2 Å². The van der Waals surface area contributed by atoms with Gasteiger partial charge in [0, 0.05) is 5.69 Å². The lowest BCUT2D eigenvalue weighted by Crippen LogP contribution is -2.39. The van der Waals surface area contributed by atoms with Gasteiger partial charge in [0.25, 0.3) is 0 Å². The molecular formula is C15H22N2O. The van der Waals surface area contributed by atoms with Crippen molar-refractivity contribution in [3.63, 3.8) is 0 Å². The van der Waals surface area contributed by atoms with Crippen LogP contribution >= 0.6 is 0 Å². The summed E-state index contributed by atoms with van der Waals surface area (Å²) in [6.07, 6.45) is 4.47. The smallest absolute Gasteiger partial charge is 0.241 e. The number of hydrogen-bond acceptors (Lipinski definition) is 2. The number of rotatable bonds is 2. The van der Waals surface area contributed by atoms with E-state index < -0.39 is 0 Å². The highest BCUT2D eigenvalue weighted by Gasteiger charge is 2.19. The molecule has 1 atom stereocenters. The summed E-state index contributed by atoms with van der Waals surface area (Å²) in [5, 5.41) is 6.35. The first-order valence-electron chi connectivity index (χ1n) is 6.78. The van der Waals surface area contributed by atoms with Gasteiger partial charge in [-0.25, -0.2) is 0 Å². The monoisotopic (exact) mass is 246 g/mol. The summed E-state index contributed by atoms with van der Waals surface area (Å²) in [7, 11) is 0. The second-order valence-corrected chi connectivity index (χ2v) is 5.16. The highest BCUT2D eigenvalue weighted by atomic mass is 16.2. The second kappa shape index (κ2) is 6.01. The number of aryl methyl sites for hydroxylation is 2. The lowest BCUT2D eigenvalue weighted by molar-refractivity contribution is -0.118. The minimum atomic E-state index is -0.0341. The van der Waals surface area contributed by atoms with E-state index in [1.165, 1.54) is 18.4 Å². The zero-order valence-corrected chi connectivity index (χ0v) is 11.3. The molecule has 2 N–H and O–H groups in total. The van der Waals surface area contributed by atoms with Crippen LogP contribution in [0.2, 0.25) is 0 Å². The van der Waals surface area contributed by atoms with Crippen LogP contribution in [0.5, 0.6) is 0 Å². The summed E-state index contributed by atoms with van der Waals surface area (Å²) in [5.74, 6) is 0.101. The highest BCUT2D eigenvalue weighted by Crippen LogP contribution is 2.17. The van der Waals surface area contributed by atoms with Gasteiger partial charge in [-0.1, -0.05) is 30.5 Å². The molecule has 1 fully saturated rings. The predicted octanol–water partition coefficient (Wildman–Crippen LogP) is 2.77. The topological polar surface area (TPSA) is 41.1 Å². The van der Waals surface area contributed by atoms with Crippen molar-refractivity contribution in [3.8, 4) is 0 Å². The largest absolute Gasteiger partial charge is 0.324 e. The van der Waals surface area contributed by atoms with E-state index in [2.05, 4.69) is 23.6 Å². The van der Waals surface area contributed by atoms with Gasteiger partial charge in [-0.05, 0) is 44.9 Å². The molecule has 0 bridgehead atoms. The lowest BCUT2D eigenvalue weighted by atomic mass is 10.1. The summed E-state index contributed by atoms with van der Waals surface area (Å²) in [6, 6.07) is 6.08. The van der Waals surface area contributed by atoms with Gasteiger partial charge in [0.05, 0.1) is 6.04 Å². The van der Waals surface area contributed by atoms with Gasteiger partial charge >= 0.3 is 0 Å². The molecule has 0 spiro atoms. The van der Waals surface area contributed by atoms with E-state index in [1.54, 1.807) is 0 Å². The maximum Gasteiger partial charge on any atom is 0.241 e. The van der Waals surface area contributed by atoms with E-state index in [9.17, 15) is 4.79 Å². The quantitative estimate of drug-likeness (QED) is 0.842. The van der Waals surface area contributed by atoms with Crippen LogP contribution in [-0.4, -0.2) is 18.5 Å². The molecule has 3 nitrogen and oxygen atoms in total. The number of hydrogen-bond donors (Lipinski definition) is 2. The Labute approximate surface area is 109 Å². The van der Waals surface area contributed by atoms with Crippen LogP contribution in [-0.2, 0) is 4.79 Å². The van der Waals surface area contributed by atoms with E-state index in [0.717, 1.165) is 30.6 Å². The first kappa shape index (κ1) is 13.1. The molecule has 1 aromatic carbocycles. The molecule has 1 unspecified atom stereocenters. The van der Waals surface area contributed by atoms with E-state index in [4.69, 9.17) is 0 Å². The molecule has 1 amide bonds. The number of nitrogens with one attached hydrogen (secondary N) is 2. The normalized spacial score (nSPS) is 20.2. The molecule has 3 heteroatoms. The van der Waals surface area contributed by atoms with Crippen LogP contribution < -0.4 is 10.6 Å². The van der Waals surface area contributed by atoms with Crippen LogP contribution in [0.3, 0.4) is 0 Å². The van der Waals surface area contributed by atoms with Gasteiger partial charge < -0.3 is 10.6 Å². The molecule has 0 radical (unpaired) electrons. The molecule has 18 heavy (non-hydrogen) atoms. The summed E-state index contributed by atoms with van der Waals surface area (Å²) < 4.78 is 0. The molecule has 0 saturated carbocycles. The maximum absolute atomic E-state index is 12.2. The fourth-order valence-electron chi connectivity index (χ4n) is 2.43. The Kier molecular flexibility index (Phi) is 4.37. The van der Waals surface area contributed by atoms with Crippen molar-refractivity contribution < 1.29 is 4.79 Å². The summed E-state index contributed by atoms with van der Waals surface area (Å²) in [6.45, 7) is 5.04. The van der Waals surface area contributed by atoms with Crippen LogP contribution in [0.1, 0.15) is 36.8 Å². The van der Waals surface area contributed by atoms with E-state index in [0.29, 0.717) is 0 Å². The molecular weight excluding hydrogens is 224 g/mol. The number of amides is 1. The molecule has 1 saturated heterocycles. The fourth-order valence-corrected chi connectivity index (χ4v) is 2.43. The Hall–Kier alpha value is -1.35. The molecule has 2 rings (SSSR count). The molecule has 98 valence electrons. The van der Waals surface area contributed by atoms with Gasteiger partial charge in [-0.15, -0.1) is 0 Å². The number of anilines is 1. The van der Waals surface area contributed by atoms with Crippen molar-refractivity contribution in [2.75, 3.05) is 11.9 Å². The van der Waals surface area contributed by atoms with Crippen molar-refractivity contribution in [2.24, 2.45) is 0 Å². The van der Waals surface area contributed by atoms with Crippen molar-refractivity contribution in [3.05, 3.63) is 29.3 Å². The Bertz CT molecular complexity index is 421. The maximum atomic E-state index is 12.2. The predicted molar refractivity (Wildman–Crippen MR) is 74.8 cm³/mol. The third-order valence-electron chi connectivity index (χ3n) is 3.52. The molecule has 0 aliphatic carbocycles. The van der Waals surface area contributed by atoms with Crippen molar-refractivity contribution in [1.82, 2.24) is 5.32 Å². The average molecular weight is 246 g/mol. The Morgan fingerprint density at radius 2 is 2.11 bits per heavy atom. The molecule has 0 aromatic heterocycles. The molecule has 1 aliphatic rings. The standard InChI is InChI=1S/C15H22N2O/c1-11-7-8-13(12(2)10-11)17-15(18)14-6-4-3-5-9-16-14/h7-8,10,14,16H,3-6,9H2,1-2H3,(H,17,18). The van der Waals surface area contributed by atoms with Crippen LogP contribution in [0.4, 0.5) is 5.69 Å². The number of benzene rings is 1. The molecule has 1 heterocycles. The Balaban J connectivity index is 2.01. The number of carbonyl (C=O) groups excluding carboxylic acids is 1. The number of carbonyl (C=O) groups is 1. The van der Waals surface area contributed by atoms with Crippen LogP contribution in [0, 0.1) is 13.8 Å². The van der Waals surface area contributed by atoms with Gasteiger partial charge in [0.1, 0.15) is 0 Å². The first-order chi connectivity index (χ1) is 8.66. The SMILES string of the molecule is Cc1ccc(NC(=O)C2CCCCCN2)c(C)c1. The lowest BCUT2D eigenvalue weighted by Gasteiger charge is -2.16. The van der Waals surface area contributed by atoms with Gasteiger partial charge in [0.15, 0.2) is 0 Å². The average Bonchev–Trinajstić information content (AvgIpc) is 2.61. The van der Waals surface area contributed by atoms with Gasteiger partial charge in [0.2, 0.25) is 5.91 Å². The first-order valence-corrected chi connectivity index (χ1v) is 6.78. The fraction of sp³-hybridized carbons (Fsp3) is 0.533. The third kappa shape index (κ3) is 3.33. The Morgan fingerprint density at radius 1 is 1.28 bits per heavy atom. The van der Waals surface area contributed by atoms with Gasteiger partial charge in [-0.2, -0.15) is 0 Å². The van der Waals surface area contributed by atoms with E-state index in [-0.39, 0.29) is 11.9 Å². The zero-order valence-electron chi connectivity index (χ0n) is 11.3. The summed E-state index contributed by atoms with van der Waals surface area (Å²) >= 11 is 0. The van der Waals surface area contributed by atoms with Crippen molar-refractivity contribution >= 4 is 11.6 Å². The molecule has 1 aromatic rings. The Morgan fingerprint density at radius 3 is 2.89 bits per heavy atom. The summed E-state index contributed by atoms with van der Waals surface area (Å²) in [4.78, 5) is 12.2. The molecule has 1 aliphatic heterocycles. The van der Waals surface area contributed by atoms with Crippen molar-refractivity contribution in [2.45, 2.75) is 45.6 Å². The minimum absolute atomic E-state index is 0.0341. The third-order valence-corrected chi connectivity index (χ3v) is 3.52. The van der Waals surface area contributed by atoms with Crippen LogP contribution in [0.25, 0.3) is 0 Å².